The number of nitrogens with zero attached hydrogens (tertiary/aromatic N) is 2. The molecular weight excluding hydrogens is 432 g/mol. The Labute approximate surface area is 204 Å². The van der Waals surface area contributed by atoms with Crippen LogP contribution in [0.25, 0.3) is 17.1 Å². The van der Waals surface area contributed by atoms with Gasteiger partial charge in [0.1, 0.15) is 5.82 Å². The lowest BCUT2D eigenvalue weighted by molar-refractivity contribution is -0.131. The van der Waals surface area contributed by atoms with Gasteiger partial charge >= 0.3 is 5.97 Å². The van der Waals surface area contributed by atoms with E-state index in [1.165, 1.54) is 11.1 Å². The lowest BCUT2D eigenvalue weighted by Gasteiger charge is -2.20. The zero-order valence-electron chi connectivity index (χ0n) is 19.3. The normalized spacial score (nSPS) is 12.2. The second-order valence-electron chi connectivity index (χ2n) is 8.61. The highest BCUT2D eigenvalue weighted by molar-refractivity contribution is 5.85. The van der Waals surface area contributed by atoms with Crippen molar-refractivity contribution in [2.75, 3.05) is 0 Å². The number of hydrogen-bond donors (Lipinski definition) is 1. The monoisotopic (exact) mass is 458 g/mol. The lowest BCUT2D eigenvalue weighted by Crippen LogP contribution is -2.14. The smallest absolute Gasteiger partial charge is 0.328 e. The molecule has 0 saturated carbocycles. The summed E-state index contributed by atoms with van der Waals surface area (Å²) in [4.78, 5) is 16.0. The summed E-state index contributed by atoms with van der Waals surface area (Å²) in [6.07, 6.45) is 3.59. The molecule has 5 aromatic rings. The highest BCUT2D eigenvalue weighted by atomic mass is 16.4. The van der Waals surface area contributed by atoms with E-state index >= 15 is 0 Å². The van der Waals surface area contributed by atoms with Crippen molar-refractivity contribution in [3.8, 4) is 0 Å². The highest BCUT2D eigenvalue weighted by Crippen LogP contribution is 2.32. The maximum atomic E-state index is 10.9. The number of benzene rings is 4. The van der Waals surface area contributed by atoms with Crippen molar-refractivity contribution >= 4 is 23.1 Å². The Morgan fingerprint density at radius 1 is 0.800 bits per heavy atom. The SMILES string of the molecule is O=C(O)/C=C/c1ccc(C(Cc2ccccc2)c2nc3ccccc3n2Cc2ccccc2)cc1. The van der Waals surface area contributed by atoms with E-state index in [1.807, 2.05) is 30.3 Å². The minimum absolute atomic E-state index is 0.0333. The highest BCUT2D eigenvalue weighted by Gasteiger charge is 2.23. The van der Waals surface area contributed by atoms with Crippen LogP contribution in [-0.2, 0) is 17.8 Å². The zero-order valence-corrected chi connectivity index (χ0v) is 19.3. The summed E-state index contributed by atoms with van der Waals surface area (Å²) < 4.78 is 2.33. The fourth-order valence-corrected chi connectivity index (χ4v) is 4.51. The number of fused-ring (bicyclic) bond motifs is 1. The maximum Gasteiger partial charge on any atom is 0.328 e. The Hall–Kier alpha value is -4.44. The molecule has 0 radical (unpaired) electrons. The molecule has 0 aliphatic heterocycles. The van der Waals surface area contributed by atoms with E-state index in [0.29, 0.717) is 0 Å². The van der Waals surface area contributed by atoms with Crippen molar-refractivity contribution in [2.24, 2.45) is 0 Å². The van der Waals surface area contributed by atoms with Crippen LogP contribution in [0.5, 0.6) is 0 Å². The number of para-hydroxylation sites is 2. The average molecular weight is 459 g/mol. The fourth-order valence-electron chi connectivity index (χ4n) is 4.51. The largest absolute Gasteiger partial charge is 0.478 e. The van der Waals surface area contributed by atoms with E-state index in [2.05, 4.69) is 83.4 Å². The van der Waals surface area contributed by atoms with Crippen LogP contribution in [0.3, 0.4) is 0 Å². The molecule has 1 heterocycles. The Morgan fingerprint density at radius 2 is 1.43 bits per heavy atom. The summed E-state index contributed by atoms with van der Waals surface area (Å²) in [6, 6.07) is 37.3. The molecule has 1 atom stereocenters. The van der Waals surface area contributed by atoms with E-state index in [-0.39, 0.29) is 5.92 Å². The zero-order chi connectivity index (χ0) is 24.0. The first-order chi connectivity index (χ1) is 17.2. The molecule has 0 amide bonds. The second kappa shape index (κ2) is 10.2. The predicted molar refractivity (Wildman–Crippen MR) is 140 cm³/mol. The minimum atomic E-state index is -0.953. The van der Waals surface area contributed by atoms with Gasteiger partial charge in [-0.3, -0.25) is 0 Å². The summed E-state index contributed by atoms with van der Waals surface area (Å²) in [5, 5.41) is 8.95. The van der Waals surface area contributed by atoms with Gasteiger partial charge in [0.2, 0.25) is 0 Å². The van der Waals surface area contributed by atoms with Gasteiger partial charge in [0, 0.05) is 18.5 Å². The van der Waals surface area contributed by atoms with Crippen LogP contribution in [-0.4, -0.2) is 20.6 Å². The van der Waals surface area contributed by atoms with Crippen LogP contribution >= 0.6 is 0 Å². The molecule has 0 fully saturated rings. The first-order valence-electron chi connectivity index (χ1n) is 11.7. The summed E-state index contributed by atoms with van der Waals surface area (Å²) in [5.41, 5.74) is 6.57. The number of aromatic nitrogens is 2. The second-order valence-corrected chi connectivity index (χ2v) is 8.61. The topological polar surface area (TPSA) is 55.1 Å². The molecule has 0 spiro atoms. The van der Waals surface area contributed by atoms with Crippen molar-refractivity contribution in [3.05, 3.63) is 143 Å². The van der Waals surface area contributed by atoms with Gasteiger partial charge < -0.3 is 9.67 Å². The van der Waals surface area contributed by atoms with Crippen LogP contribution in [0.2, 0.25) is 0 Å². The number of rotatable bonds is 8. The molecule has 1 aromatic heterocycles. The number of hydrogen-bond acceptors (Lipinski definition) is 2. The Kier molecular flexibility index (Phi) is 6.53. The van der Waals surface area contributed by atoms with Gasteiger partial charge in [0.25, 0.3) is 0 Å². The van der Waals surface area contributed by atoms with E-state index in [4.69, 9.17) is 10.1 Å². The fraction of sp³-hybridized carbons (Fsp3) is 0.0968. The quantitative estimate of drug-likeness (QED) is 0.268. The minimum Gasteiger partial charge on any atom is -0.478 e. The Balaban J connectivity index is 1.61. The molecule has 0 saturated heterocycles. The van der Waals surface area contributed by atoms with E-state index in [0.717, 1.165) is 47.0 Å². The van der Waals surface area contributed by atoms with Crippen LogP contribution in [0.15, 0.2) is 115 Å². The van der Waals surface area contributed by atoms with Gasteiger partial charge in [-0.15, -0.1) is 0 Å². The van der Waals surface area contributed by atoms with Crippen LogP contribution < -0.4 is 0 Å². The molecule has 4 heteroatoms. The van der Waals surface area contributed by atoms with Gasteiger partial charge in [-0.05, 0) is 46.9 Å². The average Bonchev–Trinajstić information content (AvgIpc) is 3.25. The first kappa shape index (κ1) is 22.4. The van der Waals surface area contributed by atoms with Crippen molar-refractivity contribution < 1.29 is 9.90 Å². The van der Waals surface area contributed by atoms with E-state index in [1.54, 1.807) is 6.08 Å². The van der Waals surface area contributed by atoms with Gasteiger partial charge in [0.05, 0.1) is 11.0 Å². The van der Waals surface area contributed by atoms with Crippen molar-refractivity contribution in [1.29, 1.82) is 0 Å². The predicted octanol–water partition coefficient (Wildman–Crippen LogP) is 6.56. The number of imidazole rings is 1. The number of carbonyl (C=O) groups is 1. The number of carboxylic acid groups (broad SMARTS) is 1. The molecule has 1 N–H and O–H groups in total. The van der Waals surface area contributed by atoms with Gasteiger partial charge in [-0.2, -0.15) is 0 Å². The van der Waals surface area contributed by atoms with Crippen LogP contribution in [0, 0.1) is 0 Å². The molecule has 0 aliphatic carbocycles. The molecular formula is C31H26N2O2. The maximum absolute atomic E-state index is 10.9. The summed E-state index contributed by atoms with van der Waals surface area (Å²) in [5.74, 6) is 0.101. The van der Waals surface area contributed by atoms with Crippen molar-refractivity contribution in [2.45, 2.75) is 18.9 Å². The molecule has 5 rings (SSSR count). The van der Waals surface area contributed by atoms with Crippen molar-refractivity contribution in [1.82, 2.24) is 9.55 Å². The summed E-state index contributed by atoms with van der Waals surface area (Å²) in [6.45, 7) is 0.738. The molecule has 0 bridgehead atoms. The third-order valence-corrected chi connectivity index (χ3v) is 6.22. The lowest BCUT2D eigenvalue weighted by atomic mass is 9.90. The first-order valence-corrected chi connectivity index (χ1v) is 11.7. The Bertz CT molecular complexity index is 1450. The standard InChI is InChI=1S/C31H26N2O2/c34-30(35)20-17-23-15-18-26(19-16-23)27(21-24-9-3-1-4-10-24)31-32-28-13-7-8-14-29(28)33(31)22-25-11-5-2-6-12-25/h1-20,27H,21-22H2,(H,34,35)/b20-17+. The third-order valence-electron chi connectivity index (χ3n) is 6.22. The van der Waals surface area contributed by atoms with E-state index in [9.17, 15) is 4.79 Å². The molecule has 1 unspecified atom stereocenters. The van der Waals surface area contributed by atoms with E-state index < -0.39 is 5.97 Å². The van der Waals surface area contributed by atoms with Crippen LogP contribution in [0.1, 0.15) is 34.0 Å². The van der Waals surface area contributed by atoms with Crippen molar-refractivity contribution in [3.63, 3.8) is 0 Å². The van der Waals surface area contributed by atoms with Crippen LogP contribution in [0.4, 0.5) is 0 Å². The molecule has 0 aliphatic rings. The Morgan fingerprint density at radius 3 is 2.11 bits per heavy atom. The molecule has 35 heavy (non-hydrogen) atoms. The van der Waals surface area contributed by atoms with Gasteiger partial charge in [-0.1, -0.05) is 97.1 Å². The third kappa shape index (κ3) is 5.22. The molecule has 4 nitrogen and oxygen atoms in total. The van der Waals surface area contributed by atoms with Gasteiger partial charge in [0.15, 0.2) is 0 Å². The number of carboxylic acids is 1. The molecule has 172 valence electrons. The summed E-state index contributed by atoms with van der Waals surface area (Å²) in [7, 11) is 0. The van der Waals surface area contributed by atoms with Gasteiger partial charge in [-0.25, -0.2) is 9.78 Å². The molecule has 4 aromatic carbocycles. The summed E-state index contributed by atoms with van der Waals surface area (Å²) >= 11 is 0. The number of aliphatic carboxylic acids is 1.